The summed E-state index contributed by atoms with van der Waals surface area (Å²) in [7, 11) is 0. The van der Waals surface area contributed by atoms with Gasteiger partial charge in [0.1, 0.15) is 11.5 Å². The van der Waals surface area contributed by atoms with Crippen molar-refractivity contribution in [1.82, 2.24) is 4.90 Å². The van der Waals surface area contributed by atoms with Crippen LogP contribution in [0.5, 0.6) is 11.5 Å². The number of rotatable bonds is 5. The largest absolute Gasteiger partial charge is 0.508 e. The number of ether oxygens (including phenoxy) is 1. The van der Waals surface area contributed by atoms with Gasteiger partial charge in [-0.2, -0.15) is 0 Å². The van der Waals surface area contributed by atoms with E-state index < -0.39 is 11.6 Å². The minimum absolute atomic E-state index is 0.0848. The topological polar surface area (TPSA) is 32.7 Å². The molecule has 2 fully saturated rings. The van der Waals surface area contributed by atoms with Crippen molar-refractivity contribution in [3.05, 3.63) is 59.7 Å². The summed E-state index contributed by atoms with van der Waals surface area (Å²) < 4.78 is 32.3. The Hall–Kier alpha value is -2.14. The highest BCUT2D eigenvalue weighted by atomic mass is 19.2. The molecule has 3 nitrogen and oxygen atoms in total. The van der Waals surface area contributed by atoms with Crippen molar-refractivity contribution < 1.29 is 18.6 Å². The first-order chi connectivity index (χ1) is 13.0. The summed E-state index contributed by atoms with van der Waals surface area (Å²) in [4.78, 5) is 2.51. The zero-order valence-corrected chi connectivity index (χ0v) is 15.4. The summed E-state index contributed by atoms with van der Waals surface area (Å²) in [5.74, 6) is 0.632. The van der Waals surface area contributed by atoms with Gasteiger partial charge in [0, 0.05) is 25.7 Å². The summed E-state index contributed by atoms with van der Waals surface area (Å²) >= 11 is 0. The van der Waals surface area contributed by atoms with Gasteiger partial charge in [-0.15, -0.1) is 0 Å². The molecule has 2 aromatic carbocycles. The fraction of sp³-hybridized carbons (Fsp3) is 0.455. The van der Waals surface area contributed by atoms with E-state index in [0.29, 0.717) is 29.3 Å². The Kier molecular flexibility index (Phi) is 5.04. The first-order valence-corrected chi connectivity index (χ1v) is 9.61. The van der Waals surface area contributed by atoms with Crippen LogP contribution in [0.3, 0.4) is 0 Å². The average molecular weight is 373 g/mol. The van der Waals surface area contributed by atoms with Gasteiger partial charge in [0.2, 0.25) is 0 Å². The Balaban J connectivity index is 1.29. The molecule has 1 saturated carbocycles. The van der Waals surface area contributed by atoms with Gasteiger partial charge < -0.3 is 14.7 Å². The first kappa shape index (κ1) is 18.2. The van der Waals surface area contributed by atoms with Gasteiger partial charge in [0.25, 0.3) is 0 Å². The van der Waals surface area contributed by atoms with Gasteiger partial charge in [-0.25, -0.2) is 8.78 Å². The number of benzene rings is 2. The lowest BCUT2D eigenvalue weighted by Crippen LogP contribution is -2.28. The summed E-state index contributed by atoms with van der Waals surface area (Å²) in [6.07, 6.45) is 2.02. The maximum absolute atomic E-state index is 13.3. The van der Waals surface area contributed by atoms with Crippen molar-refractivity contribution in [2.45, 2.75) is 31.8 Å². The van der Waals surface area contributed by atoms with Crippen LogP contribution in [0.2, 0.25) is 0 Å². The molecule has 1 unspecified atom stereocenters. The third-order valence-electron chi connectivity index (χ3n) is 5.97. The number of likely N-dealkylation sites (tertiary alicyclic amines) is 1. The predicted octanol–water partition coefficient (Wildman–Crippen LogP) is 4.56. The van der Waals surface area contributed by atoms with Crippen LogP contribution in [-0.4, -0.2) is 35.7 Å². The second-order valence-electron chi connectivity index (χ2n) is 8.02. The average Bonchev–Trinajstić information content (AvgIpc) is 3.16. The molecule has 1 aliphatic carbocycles. The van der Waals surface area contributed by atoms with E-state index in [0.717, 1.165) is 44.6 Å². The van der Waals surface area contributed by atoms with E-state index in [-0.39, 0.29) is 6.10 Å². The highest BCUT2D eigenvalue weighted by molar-refractivity contribution is 5.28. The Morgan fingerprint density at radius 3 is 2.33 bits per heavy atom. The van der Waals surface area contributed by atoms with Gasteiger partial charge in [0.05, 0.1) is 6.10 Å². The molecule has 0 amide bonds. The molecule has 0 aromatic heterocycles. The van der Waals surface area contributed by atoms with Crippen LogP contribution in [0.15, 0.2) is 42.5 Å². The Bertz CT molecular complexity index is 781. The van der Waals surface area contributed by atoms with Gasteiger partial charge in [-0.05, 0) is 60.4 Å². The number of hydrogen-bond donors (Lipinski definition) is 1. The Morgan fingerprint density at radius 1 is 1.04 bits per heavy atom. The van der Waals surface area contributed by atoms with Crippen molar-refractivity contribution in [1.29, 1.82) is 0 Å². The van der Waals surface area contributed by atoms with E-state index in [2.05, 4.69) is 11.8 Å². The van der Waals surface area contributed by atoms with Gasteiger partial charge >= 0.3 is 0 Å². The number of phenols is 1. The highest BCUT2D eigenvalue weighted by Gasteiger charge is 2.42. The third kappa shape index (κ3) is 4.08. The quantitative estimate of drug-likeness (QED) is 0.834. The zero-order chi connectivity index (χ0) is 19.0. The first-order valence-electron chi connectivity index (χ1n) is 9.61. The fourth-order valence-electron chi connectivity index (χ4n) is 4.62. The summed E-state index contributed by atoms with van der Waals surface area (Å²) in [6.45, 7) is 5.34. The minimum Gasteiger partial charge on any atom is -0.508 e. The van der Waals surface area contributed by atoms with E-state index in [9.17, 15) is 13.9 Å². The number of halogens is 2. The van der Waals surface area contributed by atoms with E-state index in [1.54, 1.807) is 12.1 Å². The standard InChI is InChI=1S/C22H25F2NO2/c1-14(15-2-4-18(26)5-3-15)11-25-12-16-8-20(9-17(16)13-25)27-19-6-7-21(23)22(24)10-19/h2-7,10,14,16-17,20,26H,8-9,11-13H2,1H3/t14?,16-,17+,20-. The lowest BCUT2D eigenvalue weighted by Gasteiger charge is -2.23. The minimum atomic E-state index is -0.861. The summed E-state index contributed by atoms with van der Waals surface area (Å²) in [5.41, 5.74) is 1.24. The molecule has 0 radical (unpaired) electrons. The van der Waals surface area contributed by atoms with E-state index in [1.165, 1.54) is 11.6 Å². The molecule has 1 aliphatic heterocycles. The lowest BCUT2D eigenvalue weighted by atomic mass is 10.0. The zero-order valence-electron chi connectivity index (χ0n) is 15.4. The number of phenolic OH excluding ortho intramolecular Hbond substituents is 1. The second-order valence-corrected chi connectivity index (χ2v) is 8.02. The molecule has 5 heteroatoms. The van der Waals surface area contributed by atoms with Crippen LogP contribution in [-0.2, 0) is 0 Å². The smallest absolute Gasteiger partial charge is 0.162 e. The summed E-state index contributed by atoms with van der Waals surface area (Å²) in [6, 6.07) is 11.2. The van der Waals surface area contributed by atoms with Crippen LogP contribution in [0.4, 0.5) is 8.78 Å². The Labute approximate surface area is 158 Å². The molecule has 4 atom stereocenters. The second kappa shape index (κ2) is 7.47. The molecule has 144 valence electrons. The molecule has 1 N–H and O–H groups in total. The van der Waals surface area contributed by atoms with Crippen molar-refractivity contribution in [2.75, 3.05) is 19.6 Å². The molecular formula is C22H25F2NO2. The molecule has 1 saturated heterocycles. The van der Waals surface area contributed by atoms with Crippen molar-refractivity contribution in [3.8, 4) is 11.5 Å². The Morgan fingerprint density at radius 2 is 1.70 bits per heavy atom. The maximum Gasteiger partial charge on any atom is 0.162 e. The highest BCUT2D eigenvalue weighted by Crippen LogP contribution is 2.40. The van der Waals surface area contributed by atoms with Crippen molar-refractivity contribution >= 4 is 0 Å². The van der Waals surface area contributed by atoms with E-state index in [4.69, 9.17) is 4.74 Å². The van der Waals surface area contributed by atoms with Crippen LogP contribution in [0.25, 0.3) is 0 Å². The molecule has 1 heterocycles. The SMILES string of the molecule is CC(CN1C[C@H]2C[C@@H](Oc3ccc(F)c(F)c3)C[C@H]2C1)c1ccc(O)cc1. The number of aromatic hydroxyl groups is 1. The third-order valence-corrected chi connectivity index (χ3v) is 5.97. The normalized spacial score (nSPS) is 26.1. The molecule has 2 aromatic rings. The number of hydrogen-bond acceptors (Lipinski definition) is 3. The summed E-state index contributed by atoms with van der Waals surface area (Å²) in [5, 5.41) is 9.43. The number of nitrogens with zero attached hydrogens (tertiary/aromatic N) is 1. The maximum atomic E-state index is 13.3. The van der Waals surface area contributed by atoms with Crippen molar-refractivity contribution in [2.24, 2.45) is 11.8 Å². The predicted molar refractivity (Wildman–Crippen MR) is 99.9 cm³/mol. The monoisotopic (exact) mass is 373 g/mol. The molecule has 4 rings (SSSR count). The molecule has 0 bridgehead atoms. The van der Waals surface area contributed by atoms with Gasteiger partial charge in [0.15, 0.2) is 11.6 Å². The molecule has 0 spiro atoms. The van der Waals surface area contributed by atoms with Gasteiger partial charge in [-0.3, -0.25) is 0 Å². The van der Waals surface area contributed by atoms with Crippen LogP contribution in [0, 0.1) is 23.5 Å². The number of fused-ring (bicyclic) bond motifs is 1. The van der Waals surface area contributed by atoms with Crippen molar-refractivity contribution in [3.63, 3.8) is 0 Å². The molecule has 2 aliphatic rings. The van der Waals surface area contributed by atoms with Crippen LogP contribution < -0.4 is 4.74 Å². The van der Waals surface area contributed by atoms with Crippen LogP contribution >= 0.6 is 0 Å². The lowest BCUT2D eigenvalue weighted by molar-refractivity contribution is 0.183. The molecular weight excluding hydrogens is 348 g/mol. The fourth-order valence-corrected chi connectivity index (χ4v) is 4.62. The van der Waals surface area contributed by atoms with E-state index >= 15 is 0 Å². The molecule has 27 heavy (non-hydrogen) atoms. The van der Waals surface area contributed by atoms with Gasteiger partial charge in [-0.1, -0.05) is 19.1 Å². The van der Waals surface area contributed by atoms with E-state index in [1.807, 2.05) is 12.1 Å². The van der Waals surface area contributed by atoms with Crippen LogP contribution in [0.1, 0.15) is 31.2 Å².